The molecule has 2 unspecified atom stereocenters. The molecule has 0 aromatic carbocycles. The molecule has 2 N–H and O–H groups in total. The van der Waals surface area contributed by atoms with Crippen LogP contribution in [-0.2, 0) is 4.79 Å². The molecule has 0 saturated heterocycles. The molecule has 0 aromatic heterocycles. The Bertz CT molecular complexity index is 356. The highest BCUT2D eigenvalue weighted by atomic mass is 16.2. The van der Waals surface area contributed by atoms with Gasteiger partial charge in [0.15, 0.2) is 5.96 Å². The molecular formula is C13H23N3O. The minimum Gasteiger partial charge on any atom is -0.351 e. The van der Waals surface area contributed by atoms with Crippen molar-refractivity contribution in [2.75, 3.05) is 0 Å². The van der Waals surface area contributed by atoms with Crippen LogP contribution in [0.3, 0.4) is 0 Å². The van der Waals surface area contributed by atoms with Crippen molar-refractivity contribution in [3.8, 4) is 0 Å². The standard InChI is InChI=1S/C13H23N3O/c1-5-9-7-6-8-13(9)10(17)14-11(16-13)15-12(2,3)4/h9H,5-8H2,1-4H3,(H2,14,15,16,17). The van der Waals surface area contributed by atoms with Gasteiger partial charge in [0.25, 0.3) is 5.91 Å². The summed E-state index contributed by atoms with van der Waals surface area (Å²) in [6.07, 6.45) is 4.15. The molecule has 1 aliphatic carbocycles. The molecule has 1 saturated carbocycles. The predicted molar refractivity (Wildman–Crippen MR) is 68.8 cm³/mol. The van der Waals surface area contributed by atoms with Crippen LogP contribution in [0.4, 0.5) is 0 Å². The smallest absolute Gasteiger partial charge is 0.255 e. The Morgan fingerprint density at radius 1 is 1.53 bits per heavy atom. The summed E-state index contributed by atoms with van der Waals surface area (Å²) in [6, 6.07) is 0. The summed E-state index contributed by atoms with van der Waals surface area (Å²) < 4.78 is 0. The van der Waals surface area contributed by atoms with Crippen LogP contribution in [-0.4, -0.2) is 22.9 Å². The average molecular weight is 237 g/mol. The van der Waals surface area contributed by atoms with Crippen molar-refractivity contribution in [1.82, 2.24) is 10.6 Å². The number of nitrogens with zero attached hydrogens (tertiary/aromatic N) is 1. The number of guanidine groups is 1. The molecule has 0 bridgehead atoms. The van der Waals surface area contributed by atoms with Crippen molar-refractivity contribution in [3.05, 3.63) is 0 Å². The van der Waals surface area contributed by atoms with E-state index in [0.29, 0.717) is 11.9 Å². The largest absolute Gasteiger partial charge is 0.351 e. The summed E-state index contributed by atoms with van der Waals surface area (Å²) in [5.74, 6) is 1.15. The van der Waals surface area contributed by atoms with E-state index in [-0.39, 0.29) is 11.4 Å². The van der Waals surface area contributed by atoms with Gasteiger partial charge in [-0.1, -0.05) is 19.8 Å². The fourth-order valence-electron chi connectivity index (χ4n) is 2.96. The molecule has 1 aliphatic heterocycles. The Labute approximate surface area is 103 Å². The molecule has 0 radical (unpaired) electrons. The number of carbonyl (C=O) groups excluding carboxylic acids is 1. The second kappa shape index (κ2) is 4.00. The fraction of sp³-hybridized carbons (Fsp3) is 0.846. The van der Waals surface area contributed by atoms with Crippen molar-refractivity contribution in [2.24, 2.45) is 10.9 Å². The summed E-state index contributed by atoms with van der Waals surface area (Å²) in [5.41, 5.74) is -0.541. The molecule has 0 aromatic rings. The van der Waals surface area contributed by atoms with Crippen molar-refractivity contribution in [3.63, 3.8) is 0 Å². The van der Waals surface area contributed by atoms with Gasteiger partial charge in [0.2, 0.25) is 0 Å². The number of rotatable bonds is 1. The third-order valence-electron chi connectivity index (χ3n) is 3.71. The summed E-state index contributed by atoms with van der Waals surface area (Å²) in [4.78, 5) is 16.9. The maximum absolute atomic E-state index is 12.2. The highest BCUT2D eigenvalue weighted by Gasteiger charge is 2.51. The quantitative estimate of drug-likeness (QED) is 0.731. The minimum absolute atomic E-state index is 0.0715. The Kier molecular flexibility index (Phi) is 2.92. The lowest BCUT2D eigenvalue weighted by Gasteiger charge is -2.24. The van der Waals surface area contributed by atoms with Gasteiger partial charge in [-0.15, -0.1) is 0 Å². The Morgan fingerprint density at radius 3 is 2.82 bits per heavy atom. The first-order valence-corrected chi connectivity index (χ1v) is 6.57. The van der Waals surface area contributed by atoms with E-state index in [2.05, 4.69) is 43.3 Å². The minimum atomic E-state index is -0.470. The van der Waals surface area contributed by atoms with Gasteiger partial charge in [0, 0.05) is 5.54 Å². The summed E-state index contributed by atoms with van der Waals surface area (Å²) in [7, 11) is 0. The maximum atomic E-state index is 12.2. The van der Waals surface area contributed by atoms with Crippen LogP contribution in [0.25, 0.3) is 0 Å². The number of aliphatic imine (C=N–C) groups is 1. The van der Waals surface area contributed by atoms with Crippen molar-refractivity contribution in [2.45, 2.75) is 64.5 Å². The van der Waals surface area contributed by atoms with Gasteiger partial charge in [-0.05, 0) is 39.5 Å². The number of amides is 1. The molecule has 17 heavy (non-hydrogen) atoms. The normalized spacial score (nSPS) is 32.8. The highest BCUT2D eigenvalue weighted by Crippen LogP contribution is 2.42. The van der Waals surface area contributed by atoms with Gasteiger partial charge in [0.1, 0.15) is 5.54 Å². The molecule has 2 rings (SSSR count). The first kappa shape index (κ1) is 12.4. The van der Waals surface area contributed by atoms with E-state index in [9.17, 15) is 4.79 Å². The Morgan fingerprint density at radius 2 is 2.24 bits per heavy atom. The van der Waals surface area contributed by atoms with Gasteiger partial charge >= 0.3 is 0 Å². The van der Waals surface area contributed by atoms with E-state index in [1.165, 1.54) is 0 Å². The maximum Gasteiger partial charge on any atom is 0.255 e. The lowest BCUT2D eigenvalue weighted by Crippen LogP contribution is -2.48. The SMILES string of the molecule is CCC1CCCC12N=C(NC(C)(C)C)NC2=O. The van der Waals surface area contributed by atoms with E-state index in [0.717, 1.165) is 25.7 Å². The Hall–Kier alpha value is -1.06. The molecule has 1 fully saturated rings. The van der Waals surface area contributed by atoms with E-state index >= 15 is 0 Å². The molecule has 1 amide bonds. The average Bonchev–Trinajstić information content (AvgIpc) is 2.70. The summed E-state index contributed by atoms with van der Waals surface area (Å²) in [5, 5.41) is 6.17. The molecule has 96 valence electrons. The lowest BCUT2D eigenvalue weighted by atomic mass is 9.85. The van der Waals surface area contributed by atoms with E-state index < -0.39 is 5.54 Å². The molecule has 1 spiro atoms. The van der Waals surface area contributed by atoms with Crippen LogP contribution in [0.15, 0.2) is 4.99 Å². The molecule has 1 heterocycles. The molecule has 4 heteroatoms. The van der Waals surface area contributed by atoms with Gasteiger partial charge in [-0.25, -0.2) is 4.99 Å². The van der Waals surface area contributed by atoms with Gasteiger partial charge in [-0.2, -0.15) is 0 Å². The second-order valence-electron chi connectivity index (χ2n) is 6.21. The fourth-order valence-corrected chi connectivity index (χ4v) is 2.96. The third kappa shape index (κ3) is 2.17. The monoisotopic (exact) mass is 237 g/mol. The van der Waals surface area contributed by atoms with Crippen molar-refractivity contribution >= 4 is 11.9 Å². The number of nitrogens with one attached hydrogen (secondary N) is 2. The zero-order chi connectivity index (χ0) is 12.7. The predicted octanol–water partition coefficient (Wildman–Crippen LogP) is 1.81. The number of hydrogen-bond donors (Lipinski definition) is 2. The third-order valence-corrected chi connectivity index (χ3v) is 3.71. The van der Waals surface area contributed by atoms with Crippen LogP contribution in [0.2, 0.25) is 0 Å². The molecule has 2 aliphatic rings. The zero-order valence-corrected chi connectivity index (χ0v) is 11.3. The van der Waals surface area contributed by atoms with E-state index in [1.807, 2.05) is 0 Å². The topological polar surface area (TPSA) is 53.5 Å². The first-order valence-electron chi connectivity index (χ1n) is 6.57. The van der Waals surface area contributed by atoms with Crippen LogP contribution >= 0.6 is 0 Å². The second-order valence-corrected chi connectivity index (χ2v) is 6.21. The van der Waals surface area contributed by atoms with Crippen LogP contribution < -0.4 is 10.6 Å². The zero-order valence-electron chi connectivity index (χ0n) is 11.3. The van der Waals surface area contributed by atoms with Crippen LogP contribution in [0, 0.1) is 5.92 Å². The Balaban J connectivity index is 2.21. The van der Waals surface area contributed by atoms with Gasteiger partial charge in [0.05, 0.1) is 0 Å². The van der Waals surface area contributed by atoms with Gasteiger partial charge in [-0.3, -0.25) is 10.1 Å². The molecule has 4 nitrogen and oxygen atoms in total. The summed E-state index contributed by atoms with van der Waals surface area (Å²) in [6.45, 7) is 8.35. The van der Waals surface area contributed by atoms with Crippen molar-refractivity contribution < 1.29 is 4.79 Å². The number of carbonyl (C=O) groups is 1. The van der Waals surface area contributed by atoms with E-state index in [4.69, 9.17) is 0 Å². The van der Waals surface area contributed by atoms with Gasteiger partial charge < -0.3 is 5.32 Å². The summed E-state index contributed by atoms with van der Waals surface area (Å²) >= 11 is 0. The highest BCUT2D eigenvalue weighted by molar-refractivity contribution is 6.07. The first-order chi connectivity index (χ1) is 7.87. The van der Waals surface area contributed by atoms with E-state index in [1.54, 1.807) is 0 Å². The lowest BCUT2D eigenvalue weighted by molar-refractivity contribution is -0.124. The van der Waals surface area contributed by atoms with Crippen molar-refractivity contribution in [1.29, 1.82) is 0 Å². The van der Waals surface area contributed by atoms with Crippen LogP contribution in [0.1, 0.15) is 53.4 Å². The molecule has 2 atom stereocenters. The number of hydrogen-bond acceptors (Lipinski definition) is 3. The molecular weight excluding hydrogens is 214 g/mol. The van der Waals surface area contributed by atoms with Crippen LogP contribution in [0.5, 0.6) is 0 Å².